The van der Waals surface area contributed by atoms with Crippen LogP contribution in [0.3, 0.4) is 0 Å². The molecule has 0 bridgehead atoms. The first-order chi connectivity index (χ1) is 15.0. The van der Waals surface area contributed by atoms with Crippen molar-refractivity contribution in [2.24, 2.45) is 21.7 Å². The van der Waals surface area contributed by atoms with E-state index in [9.17, 15) is 4.79 Å². The number of nitrogens with one attached hydrogen (secondary N) is 2. The van der Waals surface area contributed by atoms with E-state index in [0.29, 0.717) is 23.7 Å². The second-order valence-electron chi connectivity index (χ2n) is 7.15. The van der Waals surface area contributed by atoms with Crippen molar-refractivity contribution in [1.29, 1.82) is 0 Å². The Morgan fingerprint density at radius 2 is 1.45 bits per heavy atom. The maximum absolute atomic E-state index is 12.2. The number of carbonyl (C=O) groups excluding carboxylic acids is 1. The van der Waals surface area contributed by atoms with Gasteiger partial charge in [-0.25, -0.2) is 4.79 Å². The van der Waals surface area contributed by atoms with Gasteiger partial charge in [-0.3, -0.25) is 0 Å². The van der Waals surface area contributed by atoms with E-state index < -0.39 is 0 Å². The standard InChI is InChI=1S/C23H32N6O2/c1-3-4-5-6-7-16-31-21-14-12-20(13-15-21)27-23(30)26-19-10-8-18(9-11-19)17(2)28-29-22(24)25/h8-15H,3-7,16H2,1-2H3,(H4,24,25,29)(H2,26,27,30)/b28-17+. The van der Waals surface area contributed by atoms with Gasteiger partial charge in [0, 0.05) is 11.4 Å². The highest BCUT2D eigenvalue weighted by Crippen LogP contribution is 2.17. The fourth-order valence-electron chi connectivity index (χ4n) is 2.81. The van der Waals surface area contributed by atoms with E-state index >= 15 is 0 Å². The summed E-state index contributed by atoms with van der Waals surface area (Å²) in [6.07, 6.45) is 6.02. The predicted molar refractivity (Wildman–Crippen MR) is 128 cm³/mol. The minimum absolute atomic E-state index is 0.101. The van der Waals surface area contributed by atoms with Gasteiger partial charge in [-0.05, 0) is 55.3 Å². The lowest BCUT2D eigenvalue weighted by Crippen LogP contribution is -2.22. The molecule has 0 aliphatic rings. The predicted octanol–water partition coefficient (Wildman–Crippen LogP) is 4.68. The summed E-state index contributed by atoms with van der Waals surface area (Å²) < 4.78 is 5.74. The van der Waals surface area contributed by atoms with Crippen LogP contribution in [-0.4, -0.2) is 24.3 Å². The smallest absolute Gasteiger partial charge is 0.323 e. The highest BCUT2D eigenvalue weighted by atomic mass is 16.5. The Hall–Kier alpha value is -3.55. The summed E-state index contributed by atoms with van der Waals surface area (Å²) in [5.41, 5.74) is 13.4. The molecular weight excluding hydrogens is 392 g/mol. The Morgan fingerprint density at radius 3 is 2.03 bits per heavy atom. The fraction of sp³-hybridized carbons (Fsp3) is 0.348. The van der Waals surface area contributed by atoms with Crippen LogP contribution in [-0.2, 0) is 0 Å². The number of nitrogens with zero attached hydrogens (tertiary/aromatic N) is 2. The van der Waals surface area contributed by atoms with E-state index in [-0.39, 0.29) is 12.0 Å². The summed E-state index contributed by atoms with van der Waals surface area (Å²) in [6, 6.07) is 14.2. The molecular formula is C23H32N6O2. The summed E-state index contributed by atoms with van der Waals surface area (Å²) >= 11 is 0. The Bertz CT molecular complexity index is 872. The van der Waals surface area contributed by atoms with Crippen LogP contribution in [0, 0.1) is 0 Å². The van der Waals surface area contributed by atoms with Crippen LogP contribution in [0.25, 0.3) is 0 Å². The molecule has 6 N–H and O–H groups in total. The molecule has 0 atom stereocenters. The van der Waals surface area contributed by atoms with Gasteiger partial charge in [-0.15, -0.1) is 5.10 Å². The second kappa shape index (κ2) is 12.9. The normalized spacial score (nSPS) is 11.0. The fourth-order valence-corrected chi connectivity index (χ4v) is 2.81. The third kappa shape index (κ3) is 9.20. The Balaban J connectivity index is 1.79. The lowest BCUT2D eigenvalue weighted by atomic mass is 10.1. The monoisotopic (exact) mass is 424 g/mol. The molecule has 166 valence electrons. The second-order valence-corrected chi connectivity index (χ2v) is 7.15. The van der Waals surface area contributed by atoms with Gasteiger partial charge in [0.05, 0.1) is 12.3 Å². The summed E-state index contributed by atoms with van der Waals surface area (Å²) in [5, 5.41) is 13.1. The maximum atomic E-state index is 12.2. The third-order valence-electron chi connectivity index (χ3n) is 4.50. The van der Waals surface area contributed by atoms with Crippen molar-refractivity contribution in [1.82, 2.24) is 0 Å². The number of anilines is 2. The molecule has 0 aliphatic carbocycles. The van der Waals surface area contributed by atoms with Crippen molar-refractivity contribution in [2.75, 3.05) is 17.2 Å². The zero-order chi connectivity index (χ0) is 22.5. The van der Waals surface area contributed by atoms with Gasteiger partial charge in [0.2, 0.25) is 5.96 Å². The molecule has 0 radical (unpaired) electrons. The van der Waals surface area contributed by atoms with E-state index in [0.717, 1.165) is 17.7 Å². The van der Waals surface area contributed by atoms with Crippen LogP contribution < -0.4 is 26.8 Å². The highest BCUT2D eigenvalue weighted by molar-refractivity contribution is 6.01. The first-order valence-electron chi connectivity index (χ1n) is 10.5. The number of amides is 2. The first kappa shape index (κ1) is 23.7. The lowest BCUT2D eigenvalue weighted by Gasteiger charge is -2.10. The summed E-state index contributed by atoms with van der Waals surface area (Å²) in [5.74, 6) is 0.700. The molecule has 0 heterocycles. The van der Waals surface area contributed by atoms with Crippen molar-refractivity contribution < 1.29 is 9.53 Å². The molecule has 2 aromatic carbocycles. The third-order valence-corrected chi connectivity index (χ3v) is 4.50. The Labute approximate surface area is 183 Å². The first-order valence-corrected chi connectivity index (χ1v) is 10.5. The van der Waals surface area contributed by atoms with Crippen molar-refractivity contribution >= 4 is 29.1 Å². The molecule has 8 heteroatoms. The molecule has 2 rings (SSSR count). The molecule has 0 fully saturated rings. The number of hydrogen-bond acceptors (Lipinski definition) is 4. The van der Waals surface area contributed by atoms with Crippen molar-refractivity contribution in [3.05, 3.63) is 54.1 Å². The zero-order valence-corrected chi connectivity index (χ0v) is 18.2. The molecule has 0 saturated carbocycles. The summed E-state index contributed by atoms with van der Waals surface area (Å²) in [6.45, 7) is 4.71. The van der Waals surface area contributed by atoms with Crippen molar-refractivity contribution in [3.8, 4) is 5.75 Å². The Morgan fingerprint density at radius 1 is 0.871 bits per heavy atom. The van der Waals surface area contributed by atoms with Crippen LogP contribution >= 0.6 is 0 Å². The quantitative estimate of drug-likeness (QED) is 0.181. The number of rotatable bonds is 11. The molecule has 0 saturated heterocycles. The number of urea groups is 1. The number of benzene rings is 2. The van der Waals surface area contributed by atoms with Crippen LogP contribution in [0.4, 0.5) is 16.2 Å². The van der Waals surface area contributed by atoms with E-state index in [4.69, 9.17) is 16.2 Å². The number of nitrogens with two attached hydrogens (primary N) is 2. The summed E-state index contributed by atoms with van der Waals surface area (Å²) in [4.78, 5) is 12.2. The Kier molecular flexibility index (Phi) is 9.87. The summed E-state index contributed by atoms with van der Waals surface area (Å²) in [7, 11) is 0. The maximum Gasteiger partial charge on any atom is 0.323 e. The molecule has 0 aliphatic heterocycles. The largest absolute Gasteiger partial charge is 0.494 e. The molecule has 2 amide bonds. The van der Waals surface area contributed by atoms with Gasteiger partial charge < -0.3 is 26.8 Å². The van der Waals surface area contributed by atoms with E-state index in [1.54, 1.807) is 19.1 Å². The molecule has 2 aromatic rings. The average Bonchev–Trinajstić information content (AvgIpc) is 2.76. The minimum atomic E-state index is -0.330. The van der Waals surface area contributed by atoms with Gasteiger partial charge in [0.1, 0.15) is 5.75 Å². The topological polar surface area (TPSA) is 127 Å². The zero-order valence-electron chi connectivity index (χ0n) is 18.2. The van der Waals surface area contributed by atoms with Gasteiger partial charge in [0.25, 0.3) is 0 Å². The van der Waals surface area contributed by atoms with Crippen LogP contribution in [0.1, 0.15) is 51.5 Å². The molecule has 0 unspecified atom stereocenters. The van der Waals surface area contributed by atoms with Gasteiger partial charge in [0.15, 0.2) is 0 Å². The number of carbonyl (C=O) groups is 1. The van der Waals surface area contributed by atoms with Crippen molar-refractivity contribution in [2.45, 2.75) is 46.0 Å². The number of ether oxygens (including phenoxy) is 1. The van der Waals surface area contributed by atoms with E-state index in [1.807, 2.05) is 36.4 Å². The molecule has 31 heavy (non-hydrogen) atoms. The van der Waals surface area contributed by atoms with Gasteiger partial charge in [-0.1, -0.05) is 44.7 Å². The van der Waals surface area contributed by atoms with Crippen LogP contribution in [0.2, 0.25) is 0 Å². The van der Waals surface area contributed by atoms with Gasteiger partial charge in [-0.2, -0.15) is 5.10 Å². The SMILES string of the molecule is CCCCCCCOc1ccc(NC(=O)Nc2ccc(/C(C)=N/N=C(N)N)cc2)cc1. The van der Waals surface area contributed by atoms with Gasteiger partial charge >= 0.3 is 6.03 Å². The number of unbranched alkanes of at least 4 members (excludes halogenated alkanes) is 4. The van der Waals surface area contributed by atoms with Crippen LogP contribution in [0.5, 0.6) is 5.75 Å². The van der Waals surface area contributed by atoms with E-state index in [1.165, 1.54) is 25.7 Å². The number of hydrogen-bond donors (Lipinski definition) is 4. The average molecular weight is 425 g/mol. The number of guanidine groups is 1. The molecule has 0 spiro atoms. The molecule has 8 nitrogen and oxygen atoms in total. The van der Waals surface area contributed by atoms with Crippen molar-refractivity contribution in [3.63, 3.8) is 0 Å². The minimum Gasteiger partial charge on any atom is -0.494 e. The lowest BCUT2D eigenvalue weighted by molar-refractivity contribution is 0.262. The van der Waals surface area contributed by atoms with E-state index in [2.05, 4.69) is 27.8 Å². The highest BCUT2D eigenvalue weighted by Gasteiger charge is 2.04. The molecule has 0 aromatic heterocycles. The van der Waals surface area contributed by atoms with Crippen LogP contribution in [0.15, 0.2) is 58.7 Å².